The molecule has 2 aromatic carbocycles. The molecular formula is C17H16O7. The third kappa shape index (κ3) is 2.44. The van der Waals surface area contributed by atoms with Crippen LogP contribution in [-0.2, 0) is 0 Å². The summed E-state index contributed by atoms with van der Waals surface area (Å²) in [5.74, 6) is -0.972. The first-order valence-electron chi connectivity index (χ1n) is 7.16. The maximum Gasteiger partial charge on any atom is 0.201 e. The van der Waals surface area contributed by atoms with Crippen LogP contribution in [-0.4, -0.2) is 35.3 Å². The van der Waals surface area contributed by atoms with Gasteiger partial charge in [0.05, 0.1) is 26.2 Å². The van der Waals surface area contributed by atoms with Crippen molar-refractivity contribution >= 4 is 5.78 Å². The van der Waals surface area contributed by atoms with Crippen LogP contribution in [0, 0.1) is 0 Å². The number of benzene rings is 2. The largest absolute Gasteiger partial charge is 0.504 e. The maximum atomic E-state index is 12.3. The summed E-state index contributed by atoms with van der Waals surface area (Å²) in [6.45, 7) is 0. The van der Waals surface area contributed by atoms with Gasteiger partial charge in [0.1, 0.15) is 6.10 Å². The van der Waals surface area contributed by atoms with E-state index in [1.54, 1.807) is 0 Å². The van der Waals surface area contributed by atoms with Crippen LogP contribution >= 0.6 is 0 Å². The number of Topliss-reactive ketones (excluding diaryl/α,β-unsaturated/α-hetero) is 1. The molecule has 0 amide bonds. The van der Waals surface area contributed by atoms with Gasteiger partial charge in [0.15, 0.2) is 28.8 Å². The van der Waals surface area contributed by atoms with Crippen molar-refractivity contribution in [1.29, 1.82) is 0 Å². The Hall–Kier alpha value is -3.09. The number of ketones is 1. The highest BCUT2D eigenvalue weighted by Crippen LogP contribution is 2.47. The van der Waals surface area contributed by atoms with E-state index >= 15 is 0 Å². The van der Waals surface area contributed by atoms with Crippen molar-refractivity contribution in [3.05, 3.63) is 35.4 Å². The number of ether oxygens (including phenoxy) is 3. The first kappa shape index (κ1) is 15.8. The summed E-state index contributed by atoms with van der Waals surface area (Å²) in [6, 6.07) is 5.70. The maximum absolute atomic E-state index is 12.3. The molecule has 0 saturated carbocycles. The number of hydrogen-bond acceptors (Lipinski definition) is 7. The monoisotopic (exact) mass is 332 g/mol. The lowest BCUT2D eigenvalue weighted by Gasteiger charge is -2.27. The van der Waals surface area contributed by atoms with E-state index in [2.05, 4.69) is 0 Å². The van der Waals surface area contributed by atoms with E-state index in [1.165, 1.54) is 38.5 Å². The third-order valence-electron chi connectivity index (χ3n) is 3.92. The van der Waals surface area contributed by atoms with Crippen LogP contribution in [0.3, 0.4) is 0 Å². The Kier molecular flexibility index (Phi) is 3.84. The molecule has 3 N–H and O–H groups in total. The minimum atomic E-state index is -0.721. The van der Waals surface area contributed by atoms with E-state index in [0.29, 0.717) is 5.56 Å². The number of phenolic OH excluding ortho intramolecular Hbond substituents is 3. The van der Waals surface area contributed by atoms with Crippen LogP contribution < -0.4 is 14.2 Å². The molecule has 0 spiro atoms. The van der Waals surface area contributed by atoms with E-state index in [0.717, 1.165) is 0 Å². The number of hydrogen-bond donors (Lipinski definition) is 3. The second-order valence-electron chi connectivity index (χ2n) is 5.32. The summed E-state index contributed by atoms with van der Waals surface area (Å²) in [5.41, 5.74) is 0.738. The molecule has 3 rings (SSSR count). The van der Waals surface area contributed by atoms with Crippen LogP contribution in [0.1, 0.15) is 28.4 Å². The van der Waals surface area contributed by atoms with Crippen LogP contribution in [0.25, 0.3) is 0 Å². The minimum absolute atomic E-state index is 0.0360. The number of fused-ring (bicyclic) bond motifs is 1. The highest BCUT2D eigenvalue weighted by Gasteiger charge is 2.32. The normalized spacial score (nSPS) is 16.2. The standard InChI is InChI=1S/C17H16O7/c1-22-13-5-8(6-14(23-2)16(13)21)12-7-11(19)9-3-4-10(18)15(20)17(9)24-12/h3-6,12,18,20-21H,7H2,1-2H3/t12-/m0/s1. The van der Waals surface area contributed by atoms with Gasteiger partial charge in [0.2, 0.25) is 11.5 Å². The topological polar surface area (TPSA) is 105 Å². The Labute approximate surface area is 137 Å². The molecule has 1 aliphatic rings. The Morgan fingerprint density at radius 1 is 1.04 bits per heavy atom. The van der Waals surface area contributed by atoms with Crippen LogP contribution in [0.2, 0.25) is 0 Å². The summed E-state index contributed by atoms with van der Waals surface area (Å²) in [7, 11) is 2.79. The molecule has 0 saturated heterocycles. The van der Waals surface area contributed by atoms with Gasteiger partial charge in [-0.15, -0.1) is 0 Å². The van der Waals surface area contributed by atoms with Crippen LogP contribution in [0.4, 0.5) is 0 Å². The molecule has 0 aliphatic carbocycles. The Balaban J connectivity index is 2.06. The first-order chi connectivity index (χ1) is 11.5. The van der Waals surface area contributed by atoms with Crippen molar-refractivity contribution in [2.75, 3.05) is 14.2 Å². The number of phenols is 3. The number of carbonyl (C=O) groups is 1. The highest BCUT2D eigenvalue weighted by molar-refractivity contribution is 6.01. The molecule has 126 valence electrons. The zero-order chi connectivity index (χ0) is 17.4. The smallest absolute Gasteiger partial charge is 0.201 e. The van der Waals surface area contributed by atoms with E-state index in [4.69, 9.17) is 14.2 Å². The molecule has 7 heteroatoms. The van der Waals surface area contributed by atoms with Gasteiger partial charge in [-0.1, -0.05) is 0 Å². The van der Waals surface area contributed by atoms with Gasteiger partial charge in [-0.05, 0) is 24.3 Å². The predicted molar refractivity (Wildman–Crippen MR) is 83.3 cm³/mol. The molecule has 0 fully saturated rings. The quantitative estimate of drug-likeness (QED) is 0.742. The molecule has 1 atom stereocenters. The number of carbonyl (C=O) groups excluding carboxylic acids is 1. The molecule has 24 heavy (non-hydrogen) atoms. The first-order valence-corrected chi connectivity index (χ1v) is 7.16. The lowest BCUT2D eigenvalue weighted by atomic mass is 9.95. The van der Waals surface area contributed by atoms with E-state index in [1.807, 2.05) is 0 Å². The third-order valence-corrected chi connectivity index (χ3v) is 3.92. The lowest BCUT2D eigenvalue weighted by Crippen LogP contribution is -2.20. The van der Waals surface area contributed by atoms with Gasteiger partial charge in [-0.25, -0.2) is 0 Å². The van der Waals surface area contributed by atoms with E-state index < -0.39 is 11.9 Å². The minimum Gasteiger partial charge on any atom is -0.504 e. The highest BCUT2D eigenvalue weighted by atomic mass is 16.5. The molecule has 2 aromatic rings. The fourth-order valence-corrected chi connectivity index (χ4v) is 2.65. The molecular weight excluding hydrogens is 316 g/mol. The molecule has 1 heterocycles. The van der Waals surface area contributed by atoms with Gasteiger partial charge in [0, 0.05) is 5.56 Å². The Bertz CT molecular complexity index is 788. The summed E-state index contributed by atoms with van der Waals surface area (Å²) in [4.78, 5) is 12.3. The van der Waals surface area contributed by atoms with Gasteiger partial charge in [-0.2, -0.15) is 0 Å². The fraction of sp³-hybridized carbons (Fsp3) is 0.235. The summed E-state index contributed by atoms with van der Waals surface area (Å²) in [6.07, 6.45) is -0.685. The van der Waals surface area contributed by atoms with Crippen molar-refractivity contribution in [3.8, 4) is 34.5 Å². The number of methoxy groups -OCH3 is 2. The number of rotatable bonds is 3. The molecule has 0 aromatic heterocycles. The molecule has 1 aliphatic heterocycles. The van der Waals surface area contributed by atoms with Crippen LogP contribution in [0.15, 0.2) is 24.3 Å². The zero-order valence-electron chi connectivity index (χ0n) is 13.1. The number of aromatic hydroxyl groups is 3. The zero-order valence-corrected chi connectivity index (χ0v) is 13.1. The Morgan fingerprint density at radius 2 is 1.67 bits per heavy atom. The predicted octanol–water partition coefficient (Wildman–Crippen LogP) is 2.53. The van der Waals surface area contributed by atoms with Gasteiger partial charge < -0.3 is 29.5 Å². The molecule has 0 bridgehead atoms. The SMILES string of the molecule is COc1cc([C@@H]2CC(=O)c3ccc(O)c(O)c3O2)cc(OC)c1O. The summed E-state index contributed by atoms with van der Waals surface area (Å²) in [5, 5.41) is 29.5. The lowest BCUT2D eigenvalue weighted by molar-refractivity contribution is 0.0840. The Morgan fingerprint density at radius 3 is 2.25 bits per heavy atom. The summed E-state index contributed by atoms with van der Waals surface area (Å²) >= 11 is 0. The average Bonchev–Trinajstić information content (AvgIpc) is 2.58. The van der Waals surface area contributed by atoms with Crippen LogP contribution in [0.5, 0.6) is 34.5 Å². The molecule has 0 radical (unpaired) electrons. The van der Waals surface area contributed by atoms with E-state index in [9.17, 15) is 20.1 Å². The van der Waals surface area contributed by atoms with Crippen molar-refractivity contribution in [2.24, 2.45) is 0 Å². The fourth-order valence-electron chi connectivity index (χ4n) is 2.65. The van der Waals surface area contributed by atoms with Crippen molar-refractivity contribution in [3.63, 3.8) is 0 Å². The molecule has 0 unspecified atom stereocenters. The van der Waals surface area contributed by atoms with Gasteiger partial charge in [-0.3, -0.25) is 4.79 Å². The van der Waals surface area contributed by atoms with Crippen molar-refractivity contribution in [2.45, 2.75) is 12.5 Å². The van der Waals surface area contributed by atoms with Gasteiger partial charge >= 0.3 is 0 Å². The van der Waals surface area contributed by atoms with Gasteiger partial charge in [0.25, 0.3) is 0 Å². The average molecular weight is 332 g/mol. The van der Waals surface area contributed by atoms with Crippen molar-refractivity contribution in [1.82, 2.24) is 0 Å². The molecule has 7 nitrogen and oxygen atoms in total. The summed E-state index contributed by atoms with van der Waals surface area (Å²) < 4.78 is 15.9. The second-order valence-corrected chi connectivity index (χ2v) is 5.32. The van der Waals surface area contributed by atoms with Crippen molar-refractivity contribution < 1.29 is 34.3 Å². The second kappa shape index (κ2) is 5.84. The van der Waals surface area contributed by atoms with E-state index in [-0.39, 0.29) is 46.5 Å².